The molecule has 4 nitrogen and oxygen atoms in total. The molecule has 0 saturated carbocycles. The molecule has 1 fully saturated rings. The molecule has 2 N–H and O–H groups in total. The minimum atomic E-state index is 0.122. The van der Waals surface area contributed by atoms with Crippen LogP contribution in [0.25, 0.3) is 0 Å². The highest BCUT2D eigenvalue weighted by Crippen LogP contribution is 2.37. The van der Waals surface area contributed by atoms with Crippen LogP contribution in [0.15, 0.2) is 72.1 Å². The average Bonchev–Trinajstić information content (AvgIpc) is 3.36. The first-order valence-electron chi connectivity index (χ1n) is 11.9. The van der Waals surface area contributed by atoms with E-state index in [9.17, 15) is 5.11 Å². The van der Waals surface area contributed by atoms with E-state index in [1.807, 2.05) is 36.6 Å². The van der Waals surface area contributed by atoms with Crippen molar-refractivity contribution in [2.45, 2.75) is 37.8 Å². The van der Waals surface area contributed by atoms with Crippen molar-refractivity contribution in [2.75, 3.05) is 40.8 Å². The number of phenols is 1. The van der Waals surface area contributed by atoms with Crippen LogP contribution in [0.4, 0.5) is 0 Å². The number of hydrogen-bond donors (Lipinski definition) is 2. The lowest BCUT2D eigenvalue weighted by Gasteiger charge is -2.46. The van der Waals surface area contributed by atoms with E-state index < -0.39 is 0 Å². The zero-order chi connectivity index (χ0) is 23.5. The Morgan fingerprint density at radius 2 is 1.67 bits per heavy atom. The Morgan fingerprint density at radius 3 is 2.27 bits per heavy atom. The van der Waals surface area contributed by atoms with Crippen molar-refractivity contribution >= 4 is 11.3 Å². The van der Waals surface area contributed by atoms with Gasteiger partial charge in [0.15, 0.2) is 0 Å². The van der Waals surface area contributed by atoms with E-state index in [1.165, 1.54) is 23.3 Å². The summed E-state index contributed by atoms with van der Waals surface area (Å²) in [5.41, 5.74) is 2.55. The zero-order valence-corrected chi connectivity index (χ0v) is 21.2. The summed E-state index contributed by atoms with van der Waals surface area (Å²) in [6, 6.07) is 22.8. The second-order valence-electron chi connectivity index (χ2n) is 8.98. The van der Waals surface area contributed by atoms with Crippen LogP contribution in [0.1, 0.15) is 35.3 Å². The molecule has 5 heteroatoms. The summed E-state index contributed by atoms with van der Waals surface area (Å²) in [6.45, 7) is 4.03. The van der Waals surface area contributed by atoms with Gasteiger partial charge in [-0.25, -0.2) is 0 Å². The number of nitrogens with one attached hydrogen (secondary N) is 1. The van der Waals surface area contributed by atoms with Gasteiger partial charge in [0, 0.05) is 35.6 Å². The molecule has 3 aromatic rings. The van der Waals surface area contributed by atoms with Gasteiger partial charge in [-0.2, -0.15) is 0 Å². The van der Waals surface area contributed by atoms with Crippen molar-refractivity contribution in [3.63, 3.8) is 0 Å². The second kappa shape index (κ2) is 12.9. The summed E-state index contributed by atoms with van der Waals surface area (Å²) in [4.78, 5) is 6.31. The fraction of sp³-hybridized carbons (Fsp3) is 0.429. The largest absolute Gasteiger partial charge is 0.508 e. The lowest BCUT2D eigenvalue weighted by molar-refractivity contribution is 0.0504. The van der Waals surface area contributed by atoms with Crippen molar-refractivity contribution in [2.24, 2.45) is 0 Å². The number of phenolic OH excluding ortho intramolecular Hbond substituents is 1. The fourth-order valence-corrected chi connectivity index (χ4v) is 5.35. The molecule has 2 aromatic carbocycles. The zero-order valence-electron chi connectivity index (χ0n) is 20.3. The van der Waals surface area contributed by atoms with Crippen molar-refractivity contribution < 1.29 is 5.11 Å². The molecule has 4 rings (SSSR count). The van der Waals surface area contributed by atoms with Gasteiger partial charge in [-0.3, -0.25) is 9.80 Å². The maximum Gasteiger partial charge on any atom is 0.120 e. The first kappa shape index (κ1) is 25.4. The van der Waals surface area contributed by atoms with E-state index in [-0.39, 0.29) is 5.54 Å². The summed E-state index contributed by atoms with van der Waals surface area (Å²) in [6.07, 6.45) is 4.69. The molecule has 0 bridgehead atoms. The van der Waals surface area contributed by atoms with Gasteiger partial charge in [0.2, 0.25) is 0 Å². The van der Waals surface area contributed by atoms with E-state index in [0.717, 1.165) is 44.6 Å². The van der Waals surface area contributed by atoms with Gasteiger partial charge in [-0.15, -0.1) is 11.3 Å². The Bertz CT molecular complexity index is 919. The molecule has 0 spiro atoms. The number of aromatic hydroxyl groups is 1. The summed E-state index contributed by atoms with van der Waals surface area (Å²) in [5.74, 6) is 0.403. The molecular weight excluding hydrogens is 426 g/mol. The third-order valence-corrected chi connectivity index (χ3v) is 7.60. The topological polar surface area (TPSA) is 38.7 Å². The Balaban J connectivity index is 0.000000257. The summed E-state index contributed by atoms with van der Waals surface area (Å²) in [7, 11) is 6.37. The number of hydrogen-bond acceptors (Lipinski definition) is 5. The maximum absolute atomic E-state index is 9.98. The van der Waals surface area contributed by atoms with Gasteiger partial charge in [0.1, 0.15) is 5.75 Å². The molecule has 2 heterocycles. The molecular formula is C28H39N3OS. The molecule has 33 heavy (non-hydrogen) atoms. The van der Waals surface area contributed by atoms with E-state index in [2.05, 4.69) is 77.1 Å². The van der Waals surface area contributed by atoms with Crippen LogP contribution < -0.4 is 5.32 Å². The lowest BCUT2D eigenvalue weighted by atomic mass is 9.79. The summed E-state index contributed by atoms with van der Waals surface area (Å²) >= 11 is 1.85. The van der Waals surface area contributed by atoms with Crippen molar-refractivity contribution in [3.05, 3.63) is 88.1 Å². The van der Waals surface area contributed by atoms with Crippen LogP contribution in [0, 0.1) is 0 Å². The van der Waals surface area contributed by atoms with Crippen molar-refractivity contribution in [1.82, 2.24) is 15.1 Å². The number of rotatable bonds is 8. The van der Waals surface area contributed by atoms with E-state index in [0.29, 0.717) is 5.75 Å². The van der Waals surface area contributed by atoms with Crippen molar-refractivity contribution in [3.8, 4) is 5.75 Å². The highest BCUT2D eigenvalue weighted by atomic mass is 32.1. The van der Waals surface area contributed by atoms with E-state index in [1.54, 1.807) is 6.07 Å². The van der Waals surface area contributed by atoms with Crippen LogP contribution in [-0.4, -0.2) is 55.7 Å². The third-order valence-electron chi connectivity index (χ3n) is 6.67. The first-order valence-corrected chi connectivity index (χ1v) is 12.8. The molecule has 1 aromatic heterocycles. The number of thiophene rings is 1. The minimum absolute atomic E-state index is 0.122. The van der Waals surface area contributed by atoms with Gasteiger partial charge in [-0.05, 0) is 76.4 Å². The van der Waals surface area contributed by atoms with Gasteiger partial charge in [-0.1, -0.05) is 54.6 Å². The van der Waals surface area contributed by atoms with Gasteiger partial charge in [0.05, 0.1) is 0 Å². The molecule has 0 amide bonds. The standard InChI is InChI=1S/C20H26N2O.C8H13NS/c1-21(2)20(18-9-4-3-5-10-18)12-14-22(15-13-20)16-17-8-6-7-11-19(17)23;1-9-6-2-4-8-5-3-7-10-8/h3-11,23H,12-16H2,1-2H3;3,5,7,9H,2,4,6H2,1H3. The van der Waals surface area contributed by atoms with Crippen molar-refractivity contribution in [1.29, 1.82) is 0 Å². The monoisotopic (exact) mass is 465 g/mol. The fourth-order valence-electron chi connectivity index (χ4n) is 4.60. The lowest BCUT2D eigenvalue weighted by Crippen LogP contribution is -2.50. The predicted molar refractivity (Wildman–Crippen MR) is 141 cm³/mol. The van der Waals surface area contributed by atoms with Crippen LogP contribution >= 0.6 is 11.3 Å². The number of likely N-dealkylation sites (tertiary alicyclic amines) is 1. The number of aryl methyl sites for hydroxylation is 1. The minimum Gasteiger partial charge on any atom is -0.508 e. The number of benzene rings is 2. The first-order chi connectivity index (χ1) is 16.0. The van der Waals surface area contributed by atoms with Gasteiger partial charge in [0.25, 0.3) is 0 Å². The molecule has 0 unspecified atom stereocenters. The SMILES string of the molecule is CN(C)C1(c2ccccc2)CCN(Cc2ccccc2O)CC1.CNCCCc1cccs1. The molecule has 1 aliphatic heterocycles. The Morgan fingerprint density at radius 1 is 0.970 bits per heavy atom. The van der Waals surface area contributed by atoms with Crippen LogP contribution in [0.3, 0.4) is 0 Å². The smallest absolute Gasteiger partial charge is 0.120 e. The van der Waals surface area contributed by atoms with Gasteiger partial charge < -0.3 is 10.4 Å². The van der Waals surface area contributed by atoms with Crippen LogP contribution in [0.5, 0.6) is 5.75 Å². The van der Waals surface area contributed by atoms with Crippen LogP contribution in [0.2, 0.25) is 0 Å². The second-order valence-corrected chi connectivity index (χ2v) is 10.0. The van der Waals surface area contributed by atoms with E-state index >= 15 is 0 Å². The van der Waals surface area contributed by atoms with Gasteiger partial charge >= 0.3 is 0 Å². The molecule has 0 aliphatic carbocycles. The predicted octanol–water partition coefficient (Wildman–Crippen LogP) is 5.35. The normalized spacial score (nSPS) is 15.8. The van der Waals surface area contributed by atoms with E-state index in [4.69, 9.17) is 0 Å². The number of piperidine rings is 1. The number of para-hydroxylation sites is 1. The quantitative estimate of drug-likeness (QED) is 0.440. The Hall–Kier alpha value is -2.18. The molecule has 178 valence electrons. The molecule has 0 atom stereocenters. The summed E-state index contributed by atoms with van der Waals surface area (Å²) < 4.78 is 0. The third kappa shape index (κ3) is 7.15. The highest BCUT2D eigenvalue weighted by Gasteiger charge is 2.38. The van der Waals surface area contributed by atoms with Crippen LogP contribution in [-0.2, 0) is 18.5 Å². The molecule has 1 aliphatic rings. The maximum atomic E-state index is 9.98. The molecule has 0 radical (unpaired) electrons. The number of nitrogens with zero attached hydrogens (tertiary/aromatic N) is 2. The Kier molecular flexibility index (Phi) is 9.95. The highest BCUT2D eigenvalue weighted by molar-refractivity contribution is 7.09. The summed E-state index contributed by atoms with van der Waals surface area (Å²) in [5, 5.41) is 15.2. The molecule has 1 saturated heterocycles. The average molecular weight is 466 g/mol. The Labute approximate surface area is 203 Å².